The van der Waals surface area contributed by atoms with Crippen molar-refractivity contribution in [2.45, 2.75) is 60.6 Å². The molecule has 4 rings (SSSR count). The number of nitrogens with zero attached hydrogens (tertiary/aromatic N) is 1. The minimum atomic E-state index is -3.58. The maximum atomic E-state index is 13.2. The molecule has 0 aromatic heterocycles. The lowest BCUT2D eigenvalue weighted by Crippen LogP contribution is -2.63. The summed E-state index contributed by atoms with van der Waals surface area (Å²) < 4.78 is 40.5. The topological polar surface area (TPSA) is 54.5 Å². The number of rotatable bonds is 4. The van der Waals surface area contributed by atoms with Crippen LogP contribution < -0.4 is 0 Å². The summed E-state index contributed by atoms with van der Waals surface area (Å²) in [5.41, 5.74) is 2.07. The van der Waals surface area contributed by atoms with Gasteiger partial charge < -0.3 is 0 Å². The van der Waals surface area contributed by atoms with Crippen molar-refractivity contribution in [1.82, 2.24) is 4.31 Å². The Hall–Kier alpha value is -1.50. The van der Waals surface area contributed by atoms with Gasteiger partial charge >= 0.3 is 0 Å². The van der Waals surface area contributed by atoms with Crippen molar-refractivity contribution in [3.05, 3.63) is 65.7 Å². The molecule has 0 spiro atoms. The third kappa shape index (κ3) is 3.39. The van der Waals surface area contributed by atoms with E-state index in [1.165, 1.54) is 6.42 Å². The van der Waals surface area contributed by atoms with Gasteiger partial charge in [-0.05, 0) is 37.5 Å². The second kappa shape index (κ2) is 7.49. The summed E-state index contributed by atoms with van der Waals surface area (Å²) in [7, 11) is -5.19. The quantitative estimate of drug-likeness (QED) is 0.771. The van der Waals surface area contributed by atoms with Crippen LogP contribution in [0.2, 0.25) is 0 Å². The van der Waals surface area contributed by atoms with Crippen LogP contribution in [0, 0.1) is 6.92 Å². The third-order valence-electron chi connectivity index (χ3n) is 5.66. The first-order valence-corrected chi connectivity index (χ1v) is 12.3. The van der Waals surface area contributed by atoms with Crippen molar-refractivity contribution in [3.63, 3.8) is 0 Å². The molecule has 2 aliphatic rings. The predicted octanol–water partition coefficient (Wildman–Crippen LogP) is 4.15. The van der Waals surface area contributed by atoms with E-state index in [1.54, 1.807) is 28.6 Å². The molecule has 6 heteroatoms. The molecule has 1 saturated heterocycles. The number of hydrogen-bond donors (Lipinski definition) is 0. The van der Waals surface area contributed by atoms with Crippen LogP contribution in [-0.4, -0.2) is 27.6 Å². The van der Waals surface area contributed by atoms with Crippen LogP contribution in [0.3, 0.4) is 0 Å². The second-order valence-corrected chi connectivity index (χ2v) is 11.3. The molecule has 0 unspecified atom stereocenters. The fourth-order valence-electron chi connectivity index (χ4n) is 4.25. The monoisotopic (exact) mass is 403 g/mol. The van der Waals surface area contributed by atoms with E-state index in [2.05, 4.69) is 0 Å². The highest BCUT2D eigenvalue weighted by atomic mass is 32.3. The SMILES string of the molecule is Cc1ccc([C@@H]2[C@@H]([S@@](=O)c3ccccc3)S(=O)(=O)N2C2CCCCC2)cc1. The molecule has 2 aromatic carbocycles. The van der Waals surface area contributed by atoms with Gasteiger partial charge in [-0.2, -0.15) is 4.31 Å². The highest BCUT2D eigenvalue weighted by molar-refractivity contribution is 8.06. The first-order valence-electron chi connectivity index (χ1n) is 9.55. The van der Waals surface area contributed by atoms with Gasteiger partial charge in [-0.1, -0.05) is 67.3 Å². The Balaban J connectivity index is 1.74. The molecule has 1 aliphatic heterocycles. The predicted molar refractivity (Wildman–Crippen MR) is 108 cm³/mol. The number of aryl methyl sites for hydroxylation is 1. The van der Waals surface area contributed by atoms with Crippen LogP contribution in [0.1, 0.15) is 49.3 Å². The molecule has 0 bridgehead atoms. The van der Waals surface area contributed by atoms with Gasteiger partial charge in [0.25, 0.3) is 0 Å². The number of benzene rings is 2. The van der Waals surface area contributed by atoms with Gasteiger partial charge in [0.05, 0.1) is 16.8 Å². The molecule has 1 saturated carbocycles. The van der Waals surface area contributed by atoms with E-state index in [9.17, 15) is 12.6 Å². The minimum Gasteiger partial charge on any atom is -0.253 e. The van der Waals surface area contributed by atoms with Crippen LogP contribution in [0.4, 0.5) is 0 Å². The summed E-state index contributed by atoms with van der Waals surface area (Å²) in [6, 6.07) is 16.6. The zero-order valence-electron chi connectivity index (χ0n) is 15.5. The fraction of sp³-hybridized carbons (Fsp3) is 0.429. The maximum Gasteiger partial charge on any atom is 0.232 e. The van der Waals surface area contributed by atoms with Crippen molar-refractivity contribution in [3.8, 4) is 0 Å². The van der Waals surface area contributed by atoms with Gasteiger partial charge in [0.1, 0.15) is 0 Å². The van der Waals surface area contributed by atoms with Crippen LogP contribution in [-0.2, 0) is 20.8 Å². The van der Waals surface area contributed by atoms with Crippen molar-refractivity contribution in [2.24, 2.45) is 0 Å². The summed E-state index contributed by atoms with van der Waals surface area (Å²) in [6.45, 7) is 2.01. The summed E-state index contributed by atoms with van der Waals surface area (Å²) >= 11 is 0. The summed E-state index contributed by atoms with van der Waals surface area (Å²) in [5.74, 6) is 0. The molecule has 1 aliphatic carbocycles. The molecule has 1 heterocycles. The molecule has 0 amide bonds. The molecule has 27 heavy (non-hydrogen) atoms. The Labute approximate surface area is 164 Å². The smallest absolute Gasteiger partial charge is 0.232 e. The highest BCUT2D eigenvalue weighted by Gasteiger charge is 2.59. The van der Waals surface area contributed by atoms with Gasteiger partial charge in [0, 0.05) is 10.9 Å². The molecule has 4 nitrogen and oxygen atoms in total. The van der Waals surface area contributed by atoms with Crippen LogP contribution in [0.15, 0.2) is 59.5 Å². The van der Waals surface area contributed by atoms with Crippen molar-refractivity contribution in [1.29, 1.82) is 0 Å². The van der Waals surface area contributed by atoms with E-state index < -0.39 is 25.4 Å². The number of hydrogen-bond acceptors (Lipinski definition) is 3. The van der Waals surface area contributed by atoms with Gasteiger partial charge in [-0.25, -0.2) is 8.42 Å². The van der Waals surface area contributed by atoms with Crippen molar-refractivity contribution < 1.29 is 12.6 Å². The molecule has 2 fully saturated rings. The lowest BCUT2D eigenvalue weighted by Gasteiger charge is -2.50. The average molecular weight is 404 g/mol. The third-order valence-corrected chi connectivity index (χ3v) is 10.3. The van der Waals surface area contributed by atoms with E-state index in [0.29, 0.717) is 4.90 Å². The standard InChI is InChI=1S/C21H25NO3S2/c1-16-12-14-17(15-13-16)20-21(26(23)19-10-6-3-7-11-19)27(24,25)22(20)18-8-4-2-5-9-18/h3,6-7,10-15,18,20-21H,2,4-5,8-9H2,1H3/t20-,21+,26+/m1/s1. The zero-order chi connectivity index (χ0) is 19.0. The Bertz CT molecular complexity index is 920. The maximum absolute atomic E-state index is 13.2. The molecule has 144 valence electrons. The molecule has 3 atom stereocenters. The highest BCUT2D eigenvalue weighted by Crippen LogP contribution is 2.48. The van der Waals surface area contributed by atoms with E-state index in [4.69, 9.17) is 0 Å². The zero-order valence-corrected chi connectivity index (χ0v) is 17.1. The Kier molecular flexibility index (Phi) is 5.23. The lowest BCUT2D eigenvalue weighted by molar-refractivity contribution is 0.175. The Morgan fingerprint density at radius 3 is 2.19 bits per heavy atom. The Morgan fingerprint density at radius 2 is 1.56 bits per heavy atom. The van der Waals surface area contributed by atoms with Gasteiger partial charge in [0.15, 0.2) is 4.58 Å². The summed E-state index contributed by atoms with van der Waals surface area (Å²) in [5, 5.41) is 0. The van der Waals surface area contributed by atoms with E-state index >= 15 is 0 Å². The second-order valence-electron chi connectivity index (χ2n) is 7.50. The van der Waals surface area contributed by atoms with E-state index in [0.717, 1.165) is 36.8 Å². The van der Waals surface area contributed by atoms with Crippen LogP contribution >= 0.6 is 0 Å². The Morgan fingerprint density at radius 1 is 0.926 bits per heavy atom. The van der Waals surface area contributed by atoms with Crippen LogP contribution in [0.25, 0.3) is 0 Å². The van der Waals surface area contributed by atoms with Crippen LogP contribution in [0.5, 0.6) is 0 Å². The molecule has 0 radical (unpaired) electrons. The van der Waals surface area contributed by atoms with E-state index in [-0.39, 0.29) is 12.1 Å². The number of sulfonamides is 1. The molecule has 0 N–H and O–H groups in total. The normalized spacial score (nSPS) is 27.0. The average Bonchev–Trinajstić information content (AvgIpc) is 2.68. The summed E-state index contributed by atoms with van der Waals surface area (Å²) in [6.07, 6.45) is 5.07. The molecular weight excluding hydrogens is 378 g/mol. The van der Waals surface area contributed by atoms with Gasteiger partial charge in [-0.3, -0.25) is 4.21 Å². The first kappa shape index (κ1) is 18.8. The van der Waals surface area contributed by atoms with Crippen molar-refractivity contribution >= 4 is 20.8 Å². The summed E-state index contributed by atoms with van der Waals surface area (Å²) in [4.78, 5) is 0.575. The van der Waals surface area contributed by atoms with E-state index in [1.807, 2.05) is 37.3 Å². The fourth-order valence-corrected chi connectivity index (χ4v) is 8.91. The first-order chi connectivity index (χ1) is 13.0. The lowest BCUT2D eigenvalue weighted by atomic mass is 9.94. The van der Waals surface area contributed by atoms with Gasteiger partial charge in [0.2, 0.25) is 10.0 Å². The minimum absolute atomic E-state index is 0.0269. The van der Waals surface area contributed by atoms with Crippen molar-refractivity contribution in [2.75, 3.05) is 0 Å². The van der Waals surface area contributed by atoms with Gasteiger partial charge in [-0.15, -0.1) is 0 Å². The molecular formula is C21H25NO3S2. The molecule has 2 aromatic rings. The largest absolute Gasteiger partial charge is 0.253 e.